The van der Waals surface area contributed by atoms with Gasteiger partial charge in [-0.15, -0.1) is 0 Å². The first-order valence-corrected chi connectivity index (χ1v) is 8.92. The second-order valence-electron chi connectivity index (χ2n) is 6.93. The van der Waals surface area contributed by atoms with Crippen molar-refractivity contribution in [1.82, 2.24) is 19.7 Å². The maximum atomic E-state index is 12.9. The Morgan fingerprint density at radius 3 is 2.65 bits per heavy atom. The largest absolute Gasteiger partial charge is 0.440 e. The molecule has 0 saturated carbocycles. The van der Waals surface area contributed by atoms with E-state index >= 15 is 0 Å². The van der Waals surface area contributed by atoms with E-state index in [2.05, 4.69) is 18.8 Å². The van der Waals surface area contributed by atoms with Gasteiger partial charge in [0.2, 0.25) is 5.89 Å². The Balaban J connectivity index is 1.72. The maximum Gasteiger partial charge on any atom is 0.254 e. The van der Waals surface area contributed by atoms with E-state index in [1.165, 1.54) is 5.69 Å². The smallest absolute Gasteiger partial charge is 0.254 e. The van der Waals surface area contributed by atoms with E-state index in [9.17, 15) is 4.79 Å². The fraction of sp³-hybridized carbons (Fsp3) is 0.350. The Hall–Kier alpha value is -2.89. The van der Waals surface area contributed by atoms with Crippen LogP contribution >= 0.6 is 0 Å². The third kappa shape index (κ3) is 2.81. The van der Waals surface area contributed by atoms with E-state index < -0.39 is 0 Å². The molecule has 1 aromatic carbocycles. The van der Waals surface area contributed by atoms with Gasteiger partial charge >= 0.3 is 0 Å². The summed E-state index contributed by atoms with van der Waals surface area (Å²) in [6.45, 7) is 7.29. The number of fused-ring (bicyclic) bond motifs is 1. The van der Waals surface area contributed by atoms with E-state index in [0.29, 0.717) is 24.5 Å². The summed E-state index contributed by atoms with van der Waals surface area (Å²) in [6, 6.07) is 9.65. The average molecular weight is 350 g/mol. The maximum absolute atomic E-state index is 12.9. The van der Waals surface area contributed by atoms with Gasteiger partial charge in [-0.2, -0.15) is 5.10 Å². The van der Waals surface area contributed by atoms with Crippen LogP contribution < -0.4 is 0 Å². The summed E-state index contributed by atoms with van der Waals surface area (Å²) in [5.41, 5.74) is 3.66. The van der Waals surface area contributed by atoms with Crippen molar-refractivity contribution in [3.05, 3.63) is 59.1 Å². The third-order valence-electron chi connectivity index (χ3n) is 4.71. The zero-order valence-electron chi connectivity index (χ0n) is 15.3. The molecule has 0 unspecified atom stereocenters. The fourth-order valence-electron chi connectivity index (χ4n) is 3.45. The topological polar surface area (TPSA) is 64.2 Å². The lowest BCUT2D eigenvalue weighted by Crippen LogP contribution is -2.36. The number of amides is 1. The predicted octanol–water partition coefficient (Wildman–Crippen LogP) is 3.63. The number of hydrogen-bond acceptors (Lipinski definition) is 4. The van der Waals surface area contributed by atoms with Gasteiger partial charge < -0.3 is 9.32 Å². The number of carbonyl (C=O) groups excluding carboxylic acids is 1. The number of nitrogens with zero attached hydrogens (tertiary/aromatic N) is 4. The molecule has 3 aromatic rings. The van der Waals surface area contributed by atoms with E-state index in [0.717, 1.165) is 23.4 Å². The Bertz CT molecular complexity index is 940. The normalized spacial score (nSPS) is 13.9. The van der Waals surface area contributed by atoms with Gasteiger partial charge in [-0.3, -0.25) is 9.48 Å². The van der Waals surface area contributed by atoms with E-state index in [1.807, 2.05) is 46.8 Å². The Morgan fingerprint density at radius 2 is 2.00 bits per heavy atom. The van der Waals surface area contributed by atoms with Crippen LogP contribution in [-0.4, -0.2) is 32.1 Å². The zero-order valence-corrected chi connectivity index (χ0v) is 15.3. The van der Waals surface area contributed by atoms with Crippen molar-refractivity contribution in [3.8, 4) is 11.6 Å². The zero-order chi connectivity index (χ0) is 18.3. The van der Waals surface area contributed by atoms with Gasteiger partial charge in [0.25, 0.3) is 5.91 Å². The van der Waals surface area contributed by atoms with Crippen molar-refractivity contribution >= 4 is 5.91 Å². The minimum atomic E-state index is 0.0445. The Morgan fingerprint density at radius 1 is 1.23 bits per heavy atom. The van der Waals surface area contributed by atoms with Crippen LogP contribution in [0.15, 0.2) is 40.9 Å². The number of carbonyl (C=O) groups is 1. The molecule has 0 atom stereocenters. The lowest BCUT2D eigenvalue weighted by molar-refractivity contribution is 0.0733. The number of oxazole rings is 1. The van der Waals surface area contributed by atoms with Crippen LogP contribution in [0.3, 0.4) is 0 Å². The molecule has 3 heterocycles. The highest BCUT2D eigenvalue weighted by Gasteiger charge is 2.30. The molecule has 1 aliphatic heterocycles. The molecule has 1 amide bonds. The number of benzene rings is 1. The summed E-state index contributed by atoms with van der Waals surface area (Å²) in [6.07, 6.45) is 2.48. The minimum Gasteiger partial charge on any atom is -0.440 e. The highest BCUT2D eigenvalue weighted by molar-refractivity contribution is 5.94. The molecule has 4 rings (SSSR count). The summed E-state index contributed by atoms with van der Waals surface area (Å²) in [5, 5.41) is 4.76. The molecule has 0 spiro atoms. The van der Waals surface area contributed by atoms with Crippen molar-refractivity contribution in [1.29, 1.82) is 0 Å². The van der Waals surface area contributed by atoms with Crippen LogP contribution in [0, 0.1) is 6.92 Å². The third-order valence-corrected chi connectivity index (χ3v) is 4.71. The molecule has 0 radical (unpaired) electrons. The number of hydrogen-bond donors (Lipinski definition) is 0. The number of aromatic nitrogens is 3. The van der Waals surface area contributed by atoms with E-state index in [1.54, 1.807) is 6.20 Å². The van der Waals surface area contributed by atoms with Crippen molar-refractivity contribution in [3.63, 3.8) is 0 Å². The van der Waals surface area contributed by atoms with Crippen LogP contribution in [0.4, 0.5) is 0 Å². The monoisotopic (exact) mass is 350 g/mol. The predicted molar refractivity (Wildman–Crippen MR) is 97.7 cm³/mol. The first-order valence-electron chi connectivity index (χ1n) is 8.92. The van der Waals surface area contributed by atoms with Crippen molar-refractivity contribution in [2.24, 2.45) is 0 Å². The Labute approximate surface area is 152 Å². The van der Waals surface area contributed by atoms with Gasteiger partial charge in [-0.25, -0.2) is 4.98 Å². The molecule has 1 aliphatic rings. The highest BCUT2D eigenvalue weighted by Crippen LogP contribution is 2.32. The van der Waals surface area contributed by atoms with Crippen molar-refractivity contribution < 1.29 is 9.21 Å². The Kier molecular flexibility index (Phi) is 4.11. The molecule has 6 heteroatoms. The minimum absolute atomic E-state index is 0.0445. The molecular formula is C20H22N4O2. The molecule has 26 heavy (non-hydrogen) atoms. The molecule has 2 aromatic heterocycles. The van der Waals surface area contributed by atoms with Gasteiger partial charge in [-0.05, 0) is 32.9 Å². The van der Waals surface area contributed by atoms with Crippen molar-refractivity contribution in [2.75, 3.05) is 6.54 Å². The second kappa shape index (κ2) is 6.44. The first-order chi connectivity index (χ1) is 12.5. The molecule has 0 saturated heterocycles. The lowest BCUT2D eigenvalue weighted by Gasteiger charge is -2.28. The van der Waals surface area contributed by atoms with Crippen LogP contribution in [0.1, 0.15) is 47.3 Å². The molecular weight excluding hydrogens is 328 g/mol. The second-order valence-corrected chi connectivity index (χ2v) is 6.93. The molecule has 0 aliphatic carbocycles. The van der Waals surface area contributed by atoms with E-state index in [4.69, 9.17) is 9.52 Å². The van der Waals surface area contributed by atoms with Crippen LogP contribution in [-0.2, 0) is 13.0 Å². The summed E-state index contributed by atoms with van der Waals surface area (Å²) in [4.78, 5) is 19.1. The summed E-state index contributed by atoms with van der Waals surface area (Å²) in [7, 11) is 0. The van der Waals surface area contributed by atoms with Gasteiger partial charge in [0, 0.05) is 35.8 Å². The summed E-state index contributed by atoms with van der Waals surface area (Å²) < 4.78 is 7.75. The van der Waals surface area contributed by atoms with Crippen LogP contribution in [0.5, 0.6) is 0 Å². The quantitative estimate of drug-likeness (QED) is 0.724. The van der Waals surface area contributed by atoms with Crippen LogP contribution in [0.2, 0.25) is 0 Å². The molecule has 0 N–H and O–H groups in total. The molecule has 0 fully saturated rings. The van der Waals surface area contributed by atoms with E-state index in [-0.39, 0.29) is 11.9 Å². The SMILES string of the molecule is Cc1cnc(-c2nn(C(C)C)c3c2CN(C(=O)c2ccccc2)CC3)o1. The number of rotatable bonds is 3. The fourth-order valence-corrected chi connectivity index (χ4v) is 3.45. The molecule has 0 bridgehead atoms. The van der Waals surface area contributed by atoms with Gasteiger partial charge in [0.15, 0.2) is 5.69 Å². The summed E-state index contributed by atoms with van der Waals surface area (Å²) in [5.74, 6) is 1.32. The lowest BCUT2D eigenvalue weighted by atomic mass is 10.0. The average Bonchev–Trinajstić information content (AvgIpc) is 3.24. The van der Waals surface area contributed by atoms with Gasteiger partial charge in [0.05, 0.1) is 12.7 Å². The first kappa shape index (κ1) is 16.6. The van der Waals surface area contributed by atoms with Gasteiger partial charge in [-0.1, -0.05) is 18.2 Å². The van der Waals surface area contributed by atoms with Crippen LogP contribution in [0.25, 0.3) is 11.6 Å². The standard InChI is InChI=1S/C20H22N4O2/c1-13(2)24-17-9-10-23(20(25)15-7-5-4-6-8-15)12-16(17)18(22-24)19-21-11-14(3)26-19/h4-8,11,13H,9-10,12H2,1-3H3. The highest BCUT2D eigenvalue weighted by atomic mass is 16.4. The molecule has 134 valence electrons. The summed E-state index contributed by atoms with van der Waals surface area (Å²) >= 11 is 0. The van der Waals surface area contributed by atoms with Gasteiger partial charge in [0.1, 0.15) is 5.76 Å². The van der Waals surface area contributed by atoms with Crippen molar-refractivity contribution in [2.45, 2.75) is 39.8 Å². The number of aryl methyl sites for hydroxylation is 1. The molecule has 6 nitrogen and oxygen atoms in total.